The molecule has 0 fully saturated rings. The second kappa shape index (κ2) is 4.54. The summed E-state index contributed by atoms with van der Waals surface area (Å²) >= 11 is 0. The van der Waals surface area contributed by atoms with Crippen LogP contribution in [-0.2, 0) is 5.60 Å². The highest BCUT2D eigenvalue weighted by atomic mass is 19.1. The van der Waals surface area contributed by atoms with Gasteiger partial charge in [0.1, 0.15) is 11.4 Å². The second-order valence-corrected chi connectivity index (χ2v) is 4.96. The van der Waals surface area contributed by atoms with Crippen molar-refractivity contribution < 1.29 is 9.50 Å². The first-order valence-electron chi connectivity index (χ1n) is 5.97. The molecule has 2 heteroatoms. The first-order valence-corrected chi connectivity index (χ1v) is 5.97. The van der Waals surface area contributed by atoms with Crippen molar-refractivity contribution in [2.45, 2.75) is 26.4 Å². The molecule has 0 aliphatic rings. The van der Waals surface area contributed by atoms with Gasteiger partial charge in [0.25, 0.3) is 0 Å². The Bertz CT molecular complexity index is 536. The van der Waals surface area contributed by atoms with Gasteiger partial charge in [0.2, 0.25) is 0 Å². The van der Waals surface area contributed by atoms with Gasteiger partial charge in [-0.3, -0.25) is 0 Å². The van der Waals surface area contributed by atoms with Crippen LogP contribution in [0.1, 0.15) is 29.2 Å². The predicted octanol–water partition coefficient (Wildman–Crippen LogP) is 3.70. The third-order valence-corrected chi connectivity index (χ3v) is 3.22. The average Bonchev–Trinajstić information content (AvgIpc) is 2.28. The molecule has 2 aromatic rings. The summed E-state index contributed by atoms with van der Waals surface area (Å²) in [5, 5.41) is 10.6. The van der Waals surface area contributed by atoms with Crippen LogP contribution in [0.25, 0.3) is 0 Å². The van der Waals surface area contributed by atoms with Crippen molar-refractivity contribution in [1.29, 1.82) is 0 Å². The van der Waals surface area contributed by atoms with E-state index in [2.05, 4.69) is 0 Å². The molecule has 18 heavy (non-hydrogen) atoms. The van der Waals surface area contributed by atoms with Crippen molar-refractivity contribution in [3.63, 3.8) is 0 Å². The molecule has 0 heterocycles. The Morgan fingerprint density at radius 2 is 1.50 bits per heavy atom. The minimum absolute atomic E-state index is 0.322. The van der Waals surface area contributed by atoms with Crippen LogP contribution in [0.2, 0.25) is 0 Å². The Balaban J connectivity index is 2.49. The van der Waals surface area contributed by atoms with Crippen LogP contribution in [0.15, 0.2) is 42.5 Å². The van der Waals surface area contributed by atoms with Crippen LogP contribution in [-0.4, -0.2) is 5.11 Å². The molecule has 1 atom stereocenters. The van der Waals surface area contributed by atoms with E-state index in [1.165, 1.54) is 12.1 Å². The topological polar surface area (TPSA) is 20.2 Å². The Labute approximate surface area is 107 Å². The molecule has 0 spiro atoms. The van der Waals surface area contributed by atoms with Crippen LogP contribution in [0.4, 0.5) is 4.39 Å². The molecule has 0 amide bonds. The zero-order chi connectivity index (χ0) is 13.3. The van der Waals surface area contributed by atoms with Crippen molar-refractivity contribution in [2.24, 2.45) is 0 Å². The van der Waals surface area contributed by atoms with E-state index in [0.29, 0.717) is 5.56 Å². The maximum atomic E-state index is 13.4. The minimum atomic E-state index is -1.18. The van der Waals surface area contributed by atoms with Crippen molar-refractivity contribution in [2.75, 3.05) is 0 Å². The molecule has 1 unspecified atom stereocenters. The van der Waals surface area contributed by atoms with Crippen LogP contribution >= 0.6 is 0 Å². The zero-order valence-corrected chi connectivity index (χ0v) is 10.9. The number of halogens is 1. The van der Waals surface area contributed by atoms with E-state index in [0.717, 1.165) is 16.7 Å². The van der Waals surface area contributed by atoms with Gasteiger partial charge in [-0.15, -0.1) is 0 Å². The summed E-state index contributed by atoms with van der Waals surface area (Å²) in [7, 11) is 0. The molecular formula is C16H17FO. The Morgan fingerprint density at radius 1 is 0.889 bits per heavy atom. The van der Waals surface area contributed by atoms with E-state index in [1.807, 2.05) is 44.2 Å². The third kappa shape index (κ3) is 2.44. The van der Waals surface area contributed by atoms with E-state index in [9.17, 15) is 9.50 Å². The van der Waals surface area contributed by atoms with Crippen molar-refractivity contribution in [3.05, 3.63) is 70.5 Å². The summed E-state index contributed by atoms with van der Waals surface area (Å²) < 4.78 is 13.4. The molecule has 0 aliphatic heterocycles. The fraction of sp³-hybridized carbons (Fsp3) is 0.250. The Kier molecular flexibility index (Phi) is 3.22. The Morgan fingerprint density at radius 3 is 2.06 bits per heavy atom. The molecule has 0 bridgehead atoms. The van der Waals surface area contributed by atoms with Gasteiger partial charge in [0.15, 0.2) is 0 Å². The fourth-order valence-corrected chi connectivity index (χ4v) is 2.06. The number of benzene rings is 2. The van der Waals surface area contributed by atoms with E-state index >= 15 is 0 Å². The molecule has 0 saturated carbocycles. The first-order chi connectivity index (χ1) is 8.39. The van der Waals surface area contributed by atoms with Gasteiger partial charge < -0.3 is 5.11 Å². The molecule has 0 aromatic heterocycles. The molecule has 2 rings (SSSR count). The summed E-state index contributed by atoms with van der Waals surface area (Å²) in [5.41, 5.74) is 2.09. The summed E-state index contributed by atoms with van der Waals surface area (Å²) in [4.78, 5) is 0. The average molecular weight is 244 g/mol. The summed E-state index contributed by atoms with van der Waals surface area (Å²) in [6, 6.07) is 12.3. The number of hydrogen-bond acceptors (Lipinski definition) is 1. The van der Waals surface area contributed by atoms with Gasteiger partial charge in [-0.1, -0.05) is 35.9 Å². The second-order valence-electron chi connectivity index (χ2n) is 4.96. The zero-order valence-electron chi connectivity index (χ0n) is 10.9. The highest BCUT2D eigenvalue weighted by molar-refractivity contribution is 5.38. The maximum absolute atomic E-state index is 13.4. The van der Waals surface area contributed by atoms with Crippen molar-refractivity contribution >= 4 is 0 Å². The monoisotopic (exact) mass is 244 g/mol. The highest BCUT2D eigenvalue weighted by Gasteiger charge is 2.26. The molecule has 94 valence electrons. The SMILES string of the molecule is Cc1ccc(C(C)(O)c2cc(C)cc(F)c2)cc1. The van der Waals surface area contributed by atoms with Gasteiger partial charge in [-0.2, -0.15) is 0 Å². The molecular weight excluding hydrogens is 227 g/mol. The van der Waals surface area contributed by atoms with Crippen molar-refractivity contribution in [3.8, 4) is 0 Å². The highest BCUT2D eigenvalue weighted by Crippen LogP contribution is 2.30. The lowest BCUT2D eigenvalue weighted by molar-refractivity contribution is 0.102. The first kappa shape index (κ1) is 12.8. The summed E-state index contributed by atoms with van der Waals surface area (Å²) in [5.74, 6) is -0.322. The van der Waals surface area contributed by atoms with Crippen molar-refractivity contribution in [1.82, 2.24) is 0 Å². The standard InChI is InChI=1S/C16H17FO/c1-11-4-6-13(7-5-11)16(3,18)14-8-12(2)9-15(17)10-14/h4-10,18H,1-3H3. The van der Waals surface area contributed by atoms with Gasteiger partial charge in [0.05, 0.1) is 0 Å². The molecule has 2 aromatic carbocycles. The van der Waals surface area contributed by atoms with Gasteiger partial charge in [0, 0.05) is 0 Å². The number of aryl methyl sites for hydroxylation is 2. The van der Waals surface area contributed by atoms with Gasteiger partial charge in [-0.05, 0) is 49.6 Å². The van der Waals surface area contributed by atoms with Crippen LogP contribution < -0.4 is 0 Å². The molecule has 1 nitrogen and oxygen atoms in total. The normalized spacial score (nSPS) is 14.3. The van der Waals surface area contributed by atoms with E-state index < -0.39 is 5.60 Å². The van der Waals surface area contributed by atoms with E-state index in [4.69, 9.17) is 0 Å². The number of aliphatic hydroxyl groups is 1. The van der Waals surface area contributed by atoms with Crippen LogP contribution in [0.3, 0.4) is 0 Å². The third-order valence-electron chi connectivity index (χ3n) is 3.22. The predicted molar refractivity (Wildman–Crippen MR) is 71.0 cm³/mol. The largest absolute Gasteiger partial charge is 0.381 e. The van der Waals surface area contributed by atoms with Crippen LogP contribution in [0.5, 0.6) is 0 Å². The fourth-order valence-electron chi connectivity index (χ4n) is 2.06. The summed E-state index contributed by atoms with van der Waals surface area (Å²) in [6.45, 7) is 5.49. The van der Waals surface area contributed by atoms with E-state index in [1.54, 1.807) is 6.92 Å². The summed E-state index contributed by atoms with van der Waals surface area (Å²) in [6.07, 6.45) is 0. The number of hydrogen-bond donors (Lipinski definition) is 1. The smallest absolute Gasteiger partial charge is 0.123 e. The molecule has 0 aliphatic carbocycles. The van der Waals surface area contributed by atoms with Gasteiger partial charge >= 0.3 is 0 Å². The number of rotatable bonds is 2. The molecule has 0 radical (unpaired) electrons. The maximum Gasteiger partial charge on any atom is 0.123 e. The lowest BCUT2D eigenvalue weighted by atomic mass is 9.87. The molecule has 1 N–H and O–H groups in total. The van der Waals surface area contributed by atoms with E-state index in [-0.39, 0.29) is 5.82 Å². The van der Waals surface area contributed by atoms with Crippen LogP contribution in [0, 0.1) is 19.7 Å². The quantitative estimate of drug-likeness (QED) is 0.854. The lowest BCUT2D eigenvalue weighted by Crippen LogP contribution is -2.23. The molecule has 0 saturated heterocycles. The lowest BCUT2D eigenvalue weighted by Gasteiger charge is -2.25. The Hall–Kier alpha value is -1.67. The minimum Gasteiger partial charge on any atom is -0.381 e. The van der Waals surface area contributed by atoms with Gasteiger partial charge in [-0.25, -0.2) is 4.39 Å².